The number of halogens is 1. The first kappa shape index (κ1) is 13.1. The molecule has 0 bridgehead atoms. The molecule has 3 atom stereocenters. The second-order valence-corrected chi connectivity index (χ2v) is 6.02. The van der Waals surface area contributed by atoms with Crippen molar-refractivity contribution in [3.63, 3.8) is 0 Å². The predicted octanol–water partition coefficient (Wildman–Crippen LogP) is 3.30. The van der Waals surface area contributed by atoms with E-state index in [4.69, 9.17) is 10.5 Å². The first-order valence-electron chi connectivity index (χ1n) is 7.30. The summed E-state index contributed by atoms with van der Waals surface area (Å²) in [6.07, 6.45) is 4.25. The van der Waals surface area contributed by atoms with Crippen LogP contribution in [0, 0.1) is 0 Å². The smallest absolute Gasteiger partial charge is 0.115 e. The Balaban J connectivity index is 1.77. The Bertz CT molecular complexity index is 450. The van der Waals surface area contributed by atoms with Crippen molar-refractivity contribution in [2.24, 2.45) is 5.73 Å². The molecule has 2 aliphatic rings. The van der Waals surface area contributed by atoms with Crippen molar-refractivity contribution in [3.05, 3.63) is 35.4 Å². The van der Waals surface area contributed by atoms with Crippen molar-refractivity contribution < 1.29 is 9.13 Å². The largest absolute Gasteiger partial charge is 0.373 e. The van der Waals surface area contributed by atoms with Crippen molar-refractivity contribution in [3.8, 4) is 0 Å². The predicted molar refractivity (Wildman–Crippen MR) is 73.7 cm³/mol. The monoisotopic (exact) mass is 263 g/mol. The maximum Gasteiger partial charge on any atom is 0.115 e. The molecule has 1 aromatic carbocycles. The lowest BCUT2D eigenvalue weighted by molar-refractivity contribution is -0.0224. The van der Waals surface area contributed by atoms with Gasteiger partial charge in [-0.3, -0.25) is 0 Å². The summed E-state index contributed by atoms with van der Waals surface area (Å²) in [7, 11) is 0. The lowest BCUT2D eigenvalue weighted by atomic mass is 9.78. The minimum Gasteiger partial charge on any atom is -0.373 e. The second kappa shape index (κ2) is 5.22. The molecule has 1 aliphatic heterocycles. The Morgan fingerprint density at radius 2 is 2.21 bits per heavy atom. The SMILES string of the molecule is NC1CCCC(F)(CC2OCCc3ccccc32)C1. The van der Waals surface area contributed by atoms with Gasteiger partial charge in [0.2, 0.25) is 0 Å². The van der Waals surface area contributed by atoms with Gasteiger partial charge in [-0.05, 0) is 43.2 Å². The summed E-state index contributed by atoms with van der Waals surface area (Å²) in [4.78, 5) is 0. The fourth-order valence-electron chi connectivity index (χ4n) is 3.52. The first-order valence-corrected chi connectivity index (χ1v) is 7.30. The summed E-state index contributed by atoms with van der Waals surface area (Å²) in [5, 5.41) is 0. The Kier molecular flexibility index (Phi) is 3.59. The maximum absolute atomic E-state index is 14.9. The number of rotatable bonds is 2. The molecule has 0 amide bonds. The Labute approximate surface area is 114 Å². The molecule has 3 heteroatoms. The Hall–Kier alpha value is -0.930. The molecule has 104 valence electrons. The van der Waals surface area contributed by atoms with E-state index < -0.39 is 5.67 Å². The van der Waals surface area contributed by atoms with Crippen LogP contribution in [0.25, 0.3) is 0 Å². The third-order valence-electron chi connectivity index (χ3n) is 4.47. The van der Waals surface area contributed by atoms with Crippen LogP contribution in [0.1, 0.15) is 49.3 Å². The van der Waals surface area contributed by atoms with E-state index in [9.17, 15) is 4.39 Å². The number of hydrogen-bond donors (Lipinski definition) is 1. The van der Waals surface area contributed by atoms with Gasteiger partial charge in [-0.2, -0.15) is 0 Å². The highest BCUT2D eigenvalue weighted by atomic mass is 19.1. The molecule has 1 fully saturated rings. The second-order valence-electron chi connectivity index (χ2n) is 6.02. The molecule has 3 rings (SSSR count). The molecule has 1 saturated carbocycles. The summed E-state index contributed by atoms with van der Waals surface area (Å²) in [5.41, 5.74) is 7.26. The molecule has 0 aromatic heterocycles. The van der Waals surface area contributed by atoms with E-state index in [2.05, 4.69) is 12.1 Å². The van der Waals surface area contributed by atoms with Crippen LogP contribution in [-0.2, 0) is 11.2 Å². The van der Waals surface area contributed by atoms with Crippen LogP contribution in [0.15, 0.2) is 24.3 Å². The molecule has 3 unspecified atom stereocenters. The lowest BCUT2D eigenvalue weighted by Gasteiger charge is -2.37. The average Bonchev–Trinajstić information content (AvgIpc) is 2.38. The van der Waals surface area contributed by atoms with Gasteiger partial charge in [-0.25, -0.2) is 4.39 Å². The van der Waals surface area contributed by atoms with Crippen LogP contribution < -0.4 is 5.73 Å². The number of ether oxygens (including phenoxy) is 1. The van der Waals surface area contributed by atoms with Gasteiger partial charge in [-0.15, -0.1) is 0 Å². The molecule has 2 N–H and O–H groups in total. The highest BCUT2D eigenvalue weighted by Gasteiger charge is 2.39. The molecule has 19 heavy (non-hydrogen) atoms. The average molecular weight is 263 g/mol. The highest BCUT2D eigenvalue weighted by Crippen LogP contribution is 2.41. The summed E-state index contributed by atoms with van der Waals surface area (Å²) in [6.45, 7) is 0.698. The standard InChI is InChI=1S/C16H22FNO/c17-16(8-3-5-13(18)10-16)11-15-14-6-2-1-4-12(14)7-9-19-15/h1-2,4,6,13,15H,3,5,7-11,18H2. The fraction of sp³-hybridized carbons (Fsp3) is 0.625. The summed E-state index contributed by atoms with van der Waals surface area (Å²) in [6, 6.07) is 8.27. The van der Waals surface area contributed by atoms with E-state index in [1.807, 2.05) is 12.1 Å². The van der Waals surface area contributed by atoms with Gasteiger partial charge in [0.1, 0.15) is 5.67 Å². The van der Waals surface area contributed by atoms with Crippen molar-refractivity contribution in [2.45, 2.75) is 56.3 Å². The normalized spacial score (nSPS) is 34.8. The van der Waals surface area contributed by atoms with Crippen molar-refractivity contribution in [2.75, 3.05) is 6.61 Å². The van der Waals surface area contributed by atoms with E-state index in [1.165, 1.54) is 11.1 Å². The molecule has 0 saturated heterocycles. The number of fused-ring (bicyclic) bond motifs is 1. The van der Waals surface area contributed by atoms with Crippen LogP contribution >= 0.6 is 0 Å². The molecule has 1 aliphatic carbocycles. The van der Waals surface area contributed by atoms with E-state index >= 15 is 0 Å². The minimum atomic E-state index is -1.15. The number of alkyl halides is 1. The zero-order valence-corrected chi connectivity index (χ0v) is 11.3. The summed E-state index contributed by atoms with van der Waals surface area (Å²) >= 11 is 0. The molecule has 0 spiro atoms. The summed E-state index contributed by atoms with van der Waals surface area (Å²) in [5.74, 6) is 0. The Morgan fingerprint density at radius 1 is 1.37 bits per heavy atom. The van der Waals surface area contributed by atoms with Crippen LogP contribution in [0.2, 0.25) is 0 Å². The molecular formula is C16H22FNO. The zero-order valence-electron chi connectivity index (χ0n) is 11.3. The van der Waals surface area contributed by atoms with Gasteiger partial charge in [-0.1, -0.05) is 24.3 Å². The van der Waals surface area contributed by atoms with Gasteiger partial charge in [0.15, 0.2) is 0 Å². The van der Waals surface area contributed by atoms with Gasteiger partial charge in [0.25, 0.3) is 0 Å². The third kappa shape index (κ3) is 2.82. The van der Waals surface area contributed by atoms with Crippen molar-refractivity contribution >= 4 is 0 Å². The molecule has 1 heterocycles. The zero-order chi connectivity index (χ0) is 13.3. The first-order chi connectivity index (χ1) is 9.16. The van der Waals surface area contributed by atoms with Crippen LogP contribution in [0.4, 0.5) is 4.39 Å². The molecular weight excluding hydrogens is 241 g/mol. The number of hydrogen-bond acceptors (Lipinski definition) is 2. The Morgan fingerprint density at radius 3 is 3.05 bits per heavy atom. The van der Waals surface area contributed by atoms with E-state index in [1.54, 1.807) is 0 Å². The van der Waals surface area contributed by atoms with Crippen LogP contribution in [0.5, 0.6) is 0 Å². The van der Waals surface area contributed by atoms with Gasteiger partial charge in [0, 0.05) is 12.5 Å². The maximum atomic E-state index is 14.9. The lowest BCUT2D eigenvalue weighted by Crippen LogP contribution is -2.39. The van der Waals surface area contributed by atoms with Crippen LogP contribution in [-0.4, -0.2) is 18.3 Å². The van der Waals surface area contributed by atoms with E-state index in [0.29, 0.717) is 25.9 Å². The molecule has 2 nitrogen and oxygen atoms in total. The van der Waals surface area contributed by atoms with E-state index in [0.717, 1.165) is 19.3 Å². The highest BCUT2D eigenvalue weighted by molar-refractivity contribution is 5.31. The van der Waals surface area contributed by atoms with Crippen molar-refractivity contribution in [1.82, 2.24) is 0 Å². The fourth-order valence-corrected chi connectivity index (χ4v) is 3.52. The summed E-state index contributed by atoms with van der Waals surface area (Å²) < 4.78 is 20.8. The van der Waals surface area contributed by atoms with Gasteiger partial charge < -0.3 is 10.5 Å². The number of benzene rings is 1. The van der Waals surface area contributed by atoms with Gasteiger partial charge >= 0.3 is 0 Å². The topological polar surface area (TPSA) is 35.2 Å². The number of nitrogens with two attached hydrogens (primary N) is 1. The molecule has 0 radical (unpaired) electrons. The van der Waals surface area contributed by atoms with Gasteiger partial charge in [0.05, 0.1) is 12.7 Å². The third-order valence-corrected chi connectivity index (χ3v) is 4.47. The quantitative estimate of drug-likeness (QED) is 0.888. The minimum absolute atomic E-state index is 0.0117. The van der Waals surface area contributed by atoms with Crippen LogP contribution in [0.3, 0.4) is 0 Å². The van der Waals surface area contributed by atoms with Crippen molar-refractivity contribution in [1.29, 1.82) is 0 Å². The molecule has 1 aromatic rings. The van der Waals surface area contributed by atoms with E-state index in [-0.39, 0.29) is 12.1 Å².